The van der Waals surface area contributed by atoms with Crippen LogP contribution in [0.3, 0.4) is 0 Å². The molecule has 1 aromatic carbocycles. The Hall–Kier alpha value is -2.52. The number of nitriles is 1. The van der Waals surface area contributed by atoms with Crippen LogP contribution >= 0.6 is 0 Å². The number of rotatable bonds is 8. The number of carbonyl (C=O) groups is 1. The summed E-state index contributed by atoms with van der Waals surface area (Å²) in [7, 11) is 0. The zero-order valence-corrected chi connectivity index (χ0v) is 14.7. The minimum Gasteiger partial charge on any atom is -0.490 e. The molecule has 1 amide bonds. The second-order valence-corrected chi connectivity index (χ2v) is 5.59. The summed E-state index contributed by atoms with van der Waals surface area (Å²) in [5.41, 5.74) is 0.750. The number of benzene rings is 1. The number of nitrogens with one attached hydrogen (secondary N) is 1. The lowest BCUT2D eigenvalue weighted by atomic mass is 10.1. The summed E-state index contributed by atoms with van der Waals surface area (Å²) in [6.45, 7) is 5.97. The molecule has 0 bridgehead atoms. The molecule has 0 radical (unpaired) electrons. The number of carbonyl (C=O) groups excluding carboxylic acids is 1. The Kier molecular flexibility index (Phi) is 7.30. The summed E-state index contributed by atoms with van der Waals surface area (Å²) in [5, 5.41) is 12.1. The largest absolute Gasteiger partial charge is 0.490 e. The standard InChI is InChI=1S/C19H24N2O4/c1-3-23-17-8-7-14(11-18(17)24-4-2)10-15(12-20)19(22)21-13-16-6-5-9-25-16/h7-8,10-11,16H,3-6,9,13H2,1-2H3,(H,21,22)/b15-10-/t16-/m1/s1. The van der Waals surface area contributed by atoms with Crippen molar-refractivity contribution < 1.29 is 19.0 Å². The zero-order chi connectivity index (χ0) is 18.1. The molecular formula is C19H24N2O4. The van der Waals surface area contributed by atoms with Crippen molar-refractivity contribution in [2.45, 2.75) is 32.8 Å². The van der Waals surface area contributed by atoms with E-state index in [1.807, 2.05) is 19.9 Å². The molecule has 0 unspecified atom stereocenters. The molecule has 1 saturated heterocycles. The molecule has 1 N–H and O–H groups in total. The molecule has 1 fully saturated rings. The Morgan fingerprint density at radius 2 is 2.12 bits per heavy atom. The monoisotopic (exact) mass is 344 g/mol. The first-order chi connectivity index (χ1) is 12.2. The van der Waals surface area contributed by atoms with Crippen molar-refractivity contribution in [2.24, 2.45) is 0 Å². The molecule has 6 nitrogen and oxygen atoms in total. The molecule has 1 aromatic rings. The van der Waals surface area contributed by atoms with E-state index in [9.17, 15) is 10.1 Å². The third-order valence-corrected chi connectivity index (χ3v) is 3.76. The molecule has 134 valence electrons. The van der Waals surface area contributed by atoms with Gasteiger partial charge < -0.3 is 19.5 Å². The van der Waals surface area contributed by atoms with Crippen LogP contribution in [0.5, 0.6) is 11.5 Å². The average molecular weight is 344 g/mol. The summed E-state index contributed by atoms with van der Waals surface area (Å²) in [5.74, 6) is 0.836. The van der Waals surface area contributed by atoms with Crippen molar-refractivity contribution in [1.82, 2.24) is 5.32 Å². The van der Waals surface area contributed by atoms with Gasteiger partial charge >= 0.3 is 0 Å². The maximum absolute atomic E-state index is 12.2. The maximum atomic E-state index is 12.2. The normalized spacial score (nSPS) is 17.0. The van der Waals surface area contributed by atoms with Gasteiger partial charge in [0, 0.05) is 13.2 Å². The molecule has 0 spiro atoms. The second kappa shape index (κ2) is 9.70. The Morgan fingerprint density at radius 1 is 1.36 bits per heavy atom. The van der Waals surface area contributed by atoms with E-state index in [0.717, 1.165) is 19.4 Å². The minimum absolute atomic E-state index is 0.0407. The van der Waals surface area contributed by atoms with Crippen molar-refractivity contribution in [1.29, 1.82) is 5.26 Å². The SMILES string of the molecule is CCOc1ccc(/C=C(/C#N)C(=O)NC[C@H]2CCCO2)cc1OCC. The van der Waals surface area contributed by atoms with Gasteiger partial charge in [-0.1, -0.05) is 6.07 Å². The molecule has 1 aliphatic heterocycles. The van der Waals surface area contributed by atoms with E-state index in [1.54, 1.807) is 24.3 Å². The van der Waals surface area contributed by atoms with Gasteiger partial charge in [-0.05, 0) is 50.5 Å². The average Bonchev–Trinajstić information content (AvgIpc) is 3.13. The Labute approximate surface area is 148 Å². The summed E-state index contributed by atoms with van der Waals surface area (Å²) in [6, 6.07) is 7.28. The topological polar surface area (TPSA) is 80.6 Å². The van der Waals surface area contributed by atoms with Crippen LogP contribution < -0.4 is 14.8 Å². The quantitative estimate of drug-likeness (QED) is 0.579. The third-order valence-electron chi connectivity index (χ3n) is 3.76. The molecule has 25 heavy (non-hydrogen) atoms. The fourth-order valence-corrected chi connectivity index (χ4v) is 2.58. The van der Waals surface area contributed by atoms with E-state index in [4.69, 9.17) is 14.2 Å². The van der Waals surface area contributed by atoms with Gasteiger partial charge in [0.05, 0.1) is 19.3 Å². The van der Waals surface area contributed by atoms with Crippen molar-refractivity contribution in [3.05, 3.63) is 29.3 Å². The minimum atomic E-state index is -0.398. The van der Waals surface area contributed by atoms with Crippen LogP contribution in [0.2, 0.25) is 0 Å². The van der Waals surface area contributed by atoms with E-state index < -0.39 is 5.91 Å². The van der Waals surface area contributed by atoms with Crippen molar-refractivity contribution >= 4 is 12.0 Å². The second-order valence-electron chi connectivity index (χ2n) is 5.59. The van der Waals surface area contributed by atoms with Gasteiger partial charge in [-0.15, -0.1) is 0 Å². The molecule has 1 atom stereocenters. The fraction of sp³-hybridized carbons (Fsp3) is 0.474. The molecule has 6 heteroatoms. The van der Waals surface area contributed by atoms with E-state index >= 15 is 0 Å². The molecule has 2 rings (SSSR count). The first-order valence-corrected chi connectivity index (χ1v) is 8.59. The van der Waals surface area contributed by atoms with Crippen LogP contribution in [0.15, 0.2) is 23.8 Å². The molecular weight excluding hydrogens is 320 g/mol. The van der Waals surface area contributed by atoms with Crippen LogP contribution in [0, 0.1) is 11.3 Å². The van der Waals surface area contributed by atoms with Gasteiger partial charge in [0.1, 0.15) is 11.6 Å². The van der Waals surface area contributed by atoms with Crippen molar-refractivity contribution in [3.8, 4) is 17.6 Å². The van der Waals surface area contributed by atoms with Crippen LogP contribution in [0.1, 0.15) is 32.3 Å². The van der Waals surface area contributed by atoms with Crippen LogP contribution in [-0.4, -0.2) is 38.4 Å². The van der Waals surface area contributed by atoms with Gasteiger partial charge in [-0.2, -0.15) is 5.26 Å². The highest BCUT2D eigenvalue weighted by Crippen LogP contribution is 2.29. The Bertz CT molecular complexity index is 658. The molecule has 0 aromatic heterocycles. The van der Waals surface area contributed by atoms with Gasteiger partial charge in [-0.3, -0.25) is 4.79 Å². The van der Waals surface area contributed by atoms with E-state index in [1.165, 1.54) is 0 Å². The highest BCUT2D eigenvalue weighted by molar-refractivity contribution is 6.01. The van der Waals surface area contributed by atoms with E-state index in [0.29, 0.717) is 36.8 Å². The Morgan fingerprint density at radius 3 is 2.76 bits per heavy atom. The summed E-state index contributed by atoms with van der Waals surface area (Å²) >= 11 is 0. The maximum Gasteiger partial charge on any atom is 0.262 e. The zero-order valence-electron chi connectivity index (χ0n) is 14.7. The first-order valence-electron chi connectivity index (χ1n) is 8.59. The summed E-state index contributed by atoms with van der Waals surface area (Å²) < 4.78 is 16.5. The number of hydrogen-bond donors (Lipinski definition) is 1. The highest BCUT2D eigenvalue weighted by Gasteiger charge is 2.17. The van der Waals surface area contributed by atoms with Crippen LogP contribution in [-0.2, 0) is 9.53 Å². The lowest BCUT2D eigenvalue weighted by molar-refractivity contribution is -0.117. The molecule has 1 aliphatic rings. The van der Waals surface area contributed by atoms with E-state index in [-0.39, 0.29) is 11.7 Å². The third kappa shape index (κ3) is 5.50. The number of amides is 1. The molecule has 0 aliphatic carbocycles. The molecule has 1 heterocycles. The van der Waals surface area contributed by atoms with Gasteiger partial charge in [0.15, 0.2) is 11.5 Å². The predicted molar refractivity (Wildman–Crippen MR) is 94.4 cm³/mol. The number of nitrogens with zero attached hydrogens (tertiary/aromatic N) is 1. The number of hydrogen-bond acceptors (Lipinski definition) is 5. The fourth-order valence-electron chi connectivity index (χ4n) is 2.58. The predicted octanol–water partition coefficient (Wildman–Crippen LogP) is 2.69. The molecule has 0 saturated carbocycles. The highest BCUT2D eigenvalue weighted by atomic mass is 16.5. The summed E-state index contributed by atoms with van der Waals surface area (Å²) in [4.78, 5) is 12.2. The van der Waals surface area contributed by atoms with E-state index in [2.05, 4.69) is 5.32 Å². The van der Waals surface area contributed by atoms with Crippen molar-refractivity contribution in [2.75, 3.05) is 26.4 Å². The van der Waals surface area contributed by atoms with Gasteiger partial charge in [0.2, 0.25) is 0 Å². The first kappa shape index (κ1) is 18.8. The lowest BCUT2D eigenvalue weighted by Gasteiger charge is -2.12. The van der Waals surface area contributed by atoms with Crippen LogP contribution in [0.4, 0.5) is 0 Å². The smallest absolute Gasteiger partial charge is 0.262 e. The van der Waals surface area contributed by atoms with Crippen molar-refractivity contribution in [3.63, 3.8) is 0 Å². The number of ether oxygens (including phenoxy) is 3. The van der Waals surface area contributed by atoms with Crippen LogP contribution in [0.25, 0.3) is 6.08 Å². The Balaban J connectivity index is 2.10. The van der Waals surface area contributed by atoms with Gasteiger partial charge in [-0.25, -0.2) is 0 Å². The lowest BCUT2D eigenvalue weighted by Crippen LogP contribution is -2.32. The summed E-state index contributed by atoms with van der Waals surface area (Å²) in [6.07, 6.45) is 3.53. The van der Waals surface area contributed by atoms with Gasteiger partial charge in [0.25, 0.3) is 5.91 Å².